The van der Waals surface area contributed by atoms with E-state index < -0.39 is 0 Å². The SMILES string of the molecule is Clc1nc(Cl)nc(-c2cccc3nccn23)n1. The summed E-state index contributed by atoms with van der Waals surface area (Å²) in [6.07, 6.45) is 3.51. The Kier molecular flexibility index (Phi) is 2.42. The van der Waals surface area contributed by atoms with Crippen LogP contribution in [0.3, 0.4) is 0 Å². The molecule has 0 aliphatic heterocycles. The fourth-order valence-corrected chi connectivity index (χ4v) is 1.93. The van der Waals surface area contributed by atoms with Gasteiger partial charge in [-0.25, -0.2) is 4.98 Å². The molecule has 5 nitrogen and oxygen atoms in total. The predicted octanol–water partition coefficient (Wildman–Crippen LogP) is 2.49. The van der Waals surface area contributed by atoms with Crippen LogP contribution in [0.15, 0.2) is 30.6 Å². The van der Waals surface area contributed by atoms with Crippen molar-refractivity contribution in [3.8, 4) is 11.5 Å². The predicted molar refractivity (Wildman–Crippen MR) is 64.0 cm³/mol. The lowest BCUT2D eigenvalue weighted by molar-refractivity contribution is 1.03. The van der Waals surface area contributed by atoms with E-state index >= 15 is 0 Å². The minimum atomic E-state index is 0.0668. The van der Waals surface area contributed by atoms with Crippen LogP contribution < -0.4 is 0 Å². The number of imidazole rings is 1. The molecule has 84 valence electrons. The van der Waals surface area contributed by atoms with E-state index in [9.17, 15) is 0 Å². The Labute approximate surface area is 106 Å². The molecule has 0 atom stereocenters. The van der Waals surface area contributed by atoms with Crippen LogP contribution in [0.1, 0.15) is 0 Å². The summed E-state index contributed by atoms with van der Waals surface area (Å²) in [6.45, 7) is 0. The molecule has 3 aromatic rings. The maximum absolute atomic E-state index is 5.75. The second-order valence-electron chi connectivity index (χ2n) is 3.26. The molecule has 0 aromatic carbocycles. The van der Waals surface area contributed by atoms with Gasteiger partial charge in [-0.2, -0.15) is 15.0 Å². The van der Waals surface area contributed by atoms with Crippen LogP contribution in [-0.2, 0) is 0 Å². The Hall–Kier alpha value is -1.72. The first-order valence-electron chi connectivity index (χ1n) is 4.73. The van der Waals surface area contributed by atoms with Gasteiger partial charge < -0.3 is 0 Å². The first kappa shape index (κ1) is 10.4. The van der Waals surface area contributed by atoms with E-state index in [1.165, 1.54) is 0 Å². The van der Waals surface area contributed by atoms with Crippen LogP contribution in [0.4, 0.5) is 0 Å². The molecule has 0 saturated carbocycles. The van der Waals surface area contributed by atoms with Gasteiger partial charge in [0.15, 0.2) is 5.82 Å². The molecule has 3 heterocycles. The average Bonchev–Trinajstić information content (AvgIpc) is 2.75. The minimum absolute atomic E-state index is 0.0668. The highest BCUT2D eigenvalue weighted by Crippen LogP contribution is 2.19. The Morgan fingerprint density at radius 3 is 2.53 bits per heavy atom. The van der Waals surface area contributed by atoms with Crippen molar-refractivity contribution in [2.75, 3.05) is 0 Å². The van der Waals surface area contributed by atoms with Gasteiger partial charge in [0.1, 0.15) is 5.65 Å². The molecular weight excluding hydrogens is 261 g/mol. The van der Waals surface area contributed by atoms with E-state index in [-0.39, 0.29) is 10.6 Å². The fraction of sp³-hybridized carbons (Fsp3) is 0. The molecular formula is C10H5Cl2N5. The molecule has 0 fully saturated rings. The van der Waals surface area contributed by atoms with Crippen molar-refractivity contribution >= 4 is 28.8 Å². The highest BCUT2D eigenvalue weighted by Gasteiger charge is 2.09. The zero-order valence-corrected chi connectivity index (χ0v) is 9.89. The van der Waals surface area contributed by atoms with Crippen molar-refractivity contribution in [1.82, 2.24) is 24.3 Å². The molecule has 17 heavy (non-hydrogen) atoms. The monoisotopic (exact) mass is 265 g/mol. The van der Waals surface area contributed by atoms with Crippen LogP contribution in [0.2, 0.25) is 10.6 Å². The van der Waals surface area contributed by atoms with E-state index in [0.717, 1.165) is 11.3 Å². The van der Waals surface area contributed by atoms with Crippen molar-refractivity contribution in [1.29, 1.82) is 0 Å². The summed E-state index contributed by atoms with van der Waals surface area (Å²) in [6, 6.07) is 5.61. The highest BCUT2D eigenvalue weighted by molar-refractivity contribution is 6.31. The number of fused-ring (bicyclic) bond motifs is 1. The first-order valence-corrected chi connectivity index (χ1v) is 5.49. The quantitative estimate of drug-likeness (QED) is 0.679. The zero-order chi connectivity index (χ0) is 11.8. The van der Waals surface area contributed by atoms with Gasteiger partial charge in [0, 0.05) is 12.4 Å². The van der Waals surface area contributed by atoms with Crippen molar-refractivity contribution in [3.05, 3.63) is 41.2 Å². The number of rotatable bonds is 1. The van der Waals surface area contributed by atoms with Crippen LogP contribution in [0, 0.1) is 0 Å². The number of halogens is 2. The topological polar surface area (TPSA) is 56.0 Å². The molecule has 0 amide bonds. The second kappa shape index (κ2) is 3.94. The van der Waals surface area contributed by atoms with Gasteiger partial charge in [0.05, 0.1) is 5.69 Å². The van der Waals surface area contributed by atoms with Crippen LogP contribution in [0.25, 0.3) is 17.2 Å². The van der Waals surface area contributed by atoms with Gasteiger partial charge in [-0.05, 0) is 35.3 Å². The zero-order valence-electron chi connectivity index (χ0n) is 8.38. The van der Waals surface area contributed by atoms with Crippen LogP contribution >= 0.6 is 23.2 Å². The standard InChI is InChI=1S/C10H5Cl2N5/c11-9-14-8(15-10(12)16-9)6-2-1-3-7-13-4-5-17(6)7/h1-5H. The highest BCUT2D eigenvalue weighted by atomic mass is 35.5. The molecule has 0 aliphatic carbocycles. The third kappa shape index (κ3) is 1.83. The van der Waals surface area contributed by atoms with Crippen molar-refractivity contribution in [2.24, 2.45) is 0 Å². The lowest BCUT2D eigenvalue weighted by Gasteiger charge is -2.04. The van der Waals surface area contributed by atoms with Gasteiger partial charge in [0.2, 0.25) is 10.6 Å². The van der Waals surface area contributed by atoms with Crippen molar-refractivity contribution in [2.45, 2.75) is 0 Å². The number of nitrogens with zero attached hydrogens (tertiary/aromatic N) is 5. The average molecular weight is 266 g/mol. The van der Waals surface area contributed by atoms with E-state index in [2.05, 4.69) is 19.9 Å². The third-order valence-electron chi connectivity index (χ3n) is 2.24. The summed E-state index contributed by atoms with van der Waals surface area (Å²) in [4.78, 5) is 16.0. The first-order chi connectivity index (χ1) is 8.24. The third-order valence-corrected chi connectivity index (χ3v) is 2.58. The van der Waals surface area contributed by atoms with Gasteiger partial charge in [-0.3, -0.25) is 4.40 Å². The molecule has 0 radical (unpaired) electrons. The van der Waals surface area contributed by atoms with Crippen LogP contribution in [-0.4, -0.2) is 24.3 Å². The lowest BCUT2D eigenvalue weighted by Crippen LogP contribution is -1.98. The molecule has 0 saturated heterocycles. The maximum Gasteiger partial charge on any atom is 0.227 e. The number of hydrogen-bond donors (Lipinski definition) is 0. The molecule has 0 unspecified atom stereocenters. The molecule has 0 bridgehead atoms. The number of aromatic nitrogens is 5. The van der Waals surface area contributed by atoms with E-state index in [1.807, 2.05) is 28.8 Å². The smallest absolute Gasteiger partial charge is 0.227 e. The molecule has 3 rings (SSSR count). The fourth-order valence-electron chi connectivity index (χ4n) is 1.57. The number of pyridine rings is 1. The maximum atomic E-state index is 5.75. The van der Waals surface area contributed by atoms with Gasteiger partial charge in [-0.15, -0.1) is 0 Å². The Morgan fingerprint density at radius 2 is 1.76 bits per heavy atom. The summed E-state index contributed by atoms with van der Waals surface area (Å²) in [7, 11) is 0. The van der Waals surface area contributed by atoms with E-state index in [1.54, 1.807) is 6.20 Å². The summed E-state index contributed by atoms with van der Waals surface area (Å²) in [5, 5.41) is 0.134. The molecule has 0 N–H and O–H groups in total. The Bertz CT molecular complexity index is 674. The van der Waals surface area contributed by atoms with Crippen molar-refractivity contribution < 1.29 is 0 Å². The number of hydrogen-bond acceptors (Lipinski definition) is 4. The largest absolute Gasteiger partial charge is 0.297 e. The minimum Gasteiger partial charge on any atom is -0.297 e. The van der Waals surface area contributed by atoms with Gasteiger partial charge >= 0.3 is 0 Å². The molecule has 0 spiro atoms. The summed E-state index contributed by atoms with van der Waals surface area (Å²) in [5.41, 5.74) is 1.56. The molecule has 3 aromatic heterocycles. The Morgan fingerprint density at radius 1 is 1.00 bits per heavy atom. The molecule has 7 heteroatoms. The van der Waals surface area contributed by atoms with Gasteiger partial charge in [-0.1, -0.05) is 6.07 Å². The summed E-state index contributed by atoms with van der Waals surface area (Å²) < 4.78 is 1.85. The normalized spacial score (nSPS) is 10.9. The molecule has 0 aliphatic rings. The summed E-state index contributed by atoms with van der Waals surface area (Å²) >= 11 is 11.5. The Balaban J connectivity index is 2.30. The van der Waals surface area contributed by atoms with E-state index in [0.29, 0.717) is 5.82 Å². The van der Waals surface area contributed by atoms with Crippen molar-refractivity contribution in [3.63, 3.8) is 0 Å². The lowest BCUT2D eigenvalue weighted by atomic mass is 10.3. The van der Waals surface area contributed by atoms with E-state index in [4.69, 9.17) is 23.2 Å². The second-order valence-corrected chi connectivity index (χ2v) is 3.94. The summed E-state index contributed by atoms with van der Waals surface area (Å²) in [5.74, 6) is 0.415. The van der Waals surface area contributed by atoms with Gasteiger partial charge in [0.25, 0.3) is 0 Å². The van der Waals surface area contributed by atoms with Crippen LogP contribution in [0.5, 0.6) is 0 Å².